The molecule has 3 radical (unpaired) electrons. The standard InChI is InChI=1S/C4H10N3Si/c5-4(6)7-2-1-3-8/h1-3H2,(H4,5,6,7). The lowest BCUT2D eigenvalue weighted by Crippen LogP contribution is -2.22. The molecule has 4 heteroatoms. The minimum absolute atomic E-state index is 0.171. The Morgan fingerprint density at radius 1 is 1.50 bits per heavy atom. The lowest BCUT2D eigenvalue weighted by Gasteiger charge is -1.89. The van der Waals surface area contributed by atoms with E-state index in [2.05, 4.69) is 15.2 Å². The number of hydrogen-bond donors (Lipinski definition) is 2. The molecule has 0 aromatic rings. The smallest absolute Gasteiger partial charge is 0.185 e. The number of nitrogens with zero attached hydrogens (tertiary/aromatic N) is 1. The van der Waals surface area contributed by atoms with Gasteiger partial charge in [-0.25, -0.2) is 0 Å². The van der Waals surface area contributed by atoms with Gasteiger partial charge >= 0.3 is 0 Å². The van der Waals surface area contributed by atoms with Gasteiger partial charge in [-0.05, 0) is 6.42 Å². The fourth-order valence-electron chi connectivity index (χ4n) is 0.287. The molecule has 0 aromatic carbocycles. The van der Waals surface area contributed by atoms with Gasteiger partial charge in [0.1, 0.15) is 0 Å². The Morgan fingerprint density at radius 2 is 2.12 bits per heavy atom. The molecule has 0 aliphatic heterocycles. The van der Waals surface area contributed by atoms with Crippen LogP contribution in [0.4, 0.5) is 0 Å². The highest BCUT2D eigenvalue weighted by molar-refractivity contribution is 6.08. The van der Waals surface area contributed by atoms with Crippen LogP contribution in [0.3, 0.4) is 0 Å². The molecule has 0 saturated carbocycles. The van der Waals surface area contributed by atoms with Gasteiger partial charge in [-0.2, -0.15) is 0 Å². The predicted octanol–water partition coefficient (Wildman–Crippen LogP) is -0.763. The third-order valence-corrected chi connectivity index (χ3v) is 0.983. The second-order valence-corrected chi connectivity index (χ2v) is 1.91. The van der Waals surface area contributed by atoms with Crippen LogP contribution in [-0.2, 0) is 0 Å². The highest BCUT2D eigenvalue weighted by atomic mass is 28.1. The molecule has 0 aliphatic rings. The summed E-state index contributed by atoms with van der Waals surface area (Å²) < 4.78 is 0. The highest BCUT2D eigenvalue weighted by Crippen LogP contribution is 1.82. The second-order valence-electron chi connectivity index (χ2n) is 1.41. The first-order valence-corrected chi connectivity index (χ1v) is 3.18. The summed E-state index contributed by atoms with van der Waals surface area (Å²) in [7, 11) is 3.29. The molecule has 4 N–H and O–H groups in total. The minimum Gasteiger partial charge on any atom is -0.370 e. The van der Waals surface area contributed by atoms with E-state index in [1.54, 1.807) is 0 Å². The zero-order chi connectivity index (χ0) is 6.41. The average Bonchev–Trinajstić information content (AvgIpc) is 1.66. The van der Waals surface area contributed by atoms with Crippen LogP contribution in [0.25, 0.3) is 0 Å². The van der Waals surface area contributed by atoms with E-state index in [4.69, 9.17) is 11.5 Å². The highest BCUT2D eigenvalue weighted by Gasteiger charge is 1.79. The molecule has 45 valence electrons. The second kappa shape index (κ2) is 4.64. The summed E-state index contributed by atoms with van der Waals surface area (Å²) in [5.41, 5.74) is 10.1. The zero-order valence-electron chi connectivity index (χ0n) is 4.72. The molecule has 0 unspecified atom stereocenters. The van der Waals surface area contributed by atoms with Crippen molar-refractivity contribution in [3.63, 3.8) is 0 Å². The molecule has 0 aliphatic carbocycles. The number of hydrogen-bond acceptors (Lipinski definition) is 1. The van der Waals surface area contributed by atoms with Gasteiger partial charge in [-0.15, -0.1) is 0 Å². The Bertz CT molecular complexity index is 77.4. The average molecular weight is 128 g/mol. The van der Waals surface area contributed by atoms with Crippen molar-refractivity contribution in [2.45, 2.75) is 12.5 Å². The van der Waals surface area contributed by atoms with E-state index in [-0.39, 0.29) is 5.96 Å². The SMILES string of the molecule is NC(N)=NCCC[Si]. The molecule has 0 saturated heterocycles. The van der Waals surface area contributed by atoms with Gasteiger partial charge < -0.3 is 11.5 Å². The number of rotatable bonds is 3. The summed E-state index contributed by atoms with van der Waals surface area (Å²) in [6, 6.07) is 0.941. The molecule has 0 rings (SSSR count). The summed E-state index contributed by atoms with van der Waals surface area (Å²) in [4.78, 5) is 3.76. The van der Waals surface area contributed by atoms with Crippen molar-refractivity contribution in [2.24, 2.45) is 16.5 Å². The molecule has 0 bridgehead atoms. The summed E-state index contributed by atoms with van der Waals surface area (Å²) in [6.07, 6.45) is 0.981. The predicted molar refractivity (Wildman–Crippen MR) is 35.9 cm³/mol. The van der Waals surface area contributed by atoms with E-state index >= 15 is 0 Å². The van der Waals surface area contributed by atoms with E-state index in [1.165, 1.54) is 0 Å². The molecule has 0 aromatic heterocycles. The largest absolute Gasteiger partial charge is 0.370 e. The van der Waals surface area contributed by atoms with Crippen LogP contribution in [0.15, 0.2) is 4.99 Å². The first-order chi connectivity index (χ1) is 3.77. The Labute approximate surface area is 52.6 Å². The molecule has 0 spiro atoms. The van der Waals surface area contributed by atoms with Gasteiger partial charge in [-0.3, -0.25) is 4.99 Å². The summed E-state index contributed by atoms with van der Waals surface area (Å²) in [5, 5.41) is 0. The molecule has 3 nitrogen and oxygen atoms in total. The monoisotopic (exact) mass is 128 g/mol. The van der Waals surface area contributed by atoms with E-state index in [9.17, 15) is 0 Å². The quantitative estimate of drug-likeness (QED) is 0.227. The molecule has 0 heterocycles. The van der Waals surface area contributed by atoms with Crippen molar-refractivity contribution >= 4 is 16.2 Å². The summed E-state index contributed by atoms with van der Waals surface area (Å²) in [5.74, 6) is 0.171. The topological polar surface area (TPSA) is 64.4 Å². The molecule has 8 heavy (non-hydrogen) atoms. The van der Waals surface area contributed by atoms with Crippen LogP contribution >= 0.6 is 0 Å². The molecule has 0 amide bonds. The van der Waals surface area contributed by atoms with E-state index < -0.39 is 0 Å². The first-order valence-electron chi connectivity index (χ1n) is 2.47. The van der Waals surface area contributed by atoms with E-state index in [0.29, 0.717) is 6.54 Å². The number of guanidine groups is 1. The van der Waals surface area contributed by atoms with Crippen molar-refractivity contribution in [2.75, 3.05) is 6.54 Å². The van der Waals surface area contributed by atoms with Crippen LogP contribution in [0.2, 0.25) is 6.04 Å². The number of aliphatic imine (C=N–C) groups is 1. The lowest BCUT2D eigenvalue weighted by atomic mass is 10.5. The fourth-order valence-corrected chi connectivity index (χ4v) is 0.445. The van der Waals surface area contributed by atoms with Crippen molar-refractivity contribution in [3.8, 4) is 0 Å². The Kier molecular flexibility index (Phi) is 4.34. The third-order valence-electron chi connectivity index (χ3n) is 0.629. The van der Waals surface area contributed by atoms with Crippen molar-refractivity contribution in [1.82, 2.24) is 0 Å². The van der Waals surface area contributed by atoms with Crippen molar-refractivity contribution < 1.29 is 0 Å². The summed E-state index contributed by atoms with van der Waals surface area (Å²) in [6.45, 7) is 0.714. The van der Waals surface area contributed by atoms with Gasteiger partial charge in [0.2, 0.25) is 0 Å². The van der Waals surface area contributed by atoms with Crippen molar-refractivity contribution in [1.29, 1.82) is 0 Å². The maximum Gasteiger partial charge on any atom is 0.185 e. The first kappa shape index (κ1) is 7.49. The van der Waals surface area contributed by atoms with E-state index in [1.807, 2.05) is 0 Å². The van der Waals surface area contributed by atoms with Gasteiger partial charge in [-0.1, -0.05) is 6.04 Å². The van der Waals surface area contributed by atoms with Crippen LogP contribution in [0.1, 0.15) is 6.42 Å². The molecule has 0 atom stereocenters. The molecular formula is C4H10N3Si. The molecular weight excluding hydrogens is 118 g/mol. The zero-order valence-corrected chi connectivity index (χ0v) is 5.72. The maximum atomic E-state index is 5.05. The minimum atomic E-state index is 0.171. The normalized spacial score (nSPS) is 8.62. The van der Waals surface area contributed by atoms with Crippen LogP contribution in [-0.4, -0.2) is 22.7 Å². The van der Waals surface area contributed by atoms with Gasteiger partial charge in [0, 0.05) is 16.8 Å². The lowest BCUT2D eigenvalue weighted by molar-refractivity contribution is 0.925. The Balaban J connectivity index is 3.03. The van der Waals surface area contributed by atoms with Gasteiger partial charge in [0.05, 0.1) is 0 Å². The number of nitrogens with two attached hydrogens (primary N) is 2. The fraction of sp³-hybridized carbons (Fsp3) is 0.750. The van der Waals surface area contributed by atoms with Crippen LogP contribution in [0, 0.1) is 0 Å². The molecule has 0 fully saturated rings. The Morgan fingerprint density at radius 3 is 2.50 bits per heavy atom. The third kappa shape index (κ3) is 5.49. The van der Waals surface area contributed by atoms with Gasteiger partial charge in [0.25, 0.3) is 0 Å². The van der Waals surface area contributed by atoms with Crippen LogP contribution < -0.4 is 11.5 Å². The maximum absolute atomic E-state index is 5.05. The van der Waals surface area contributed by atoms with Crippen molar-refractivity contribution in [3.05, 3.63) is 0 Å². The summed E-state index contributed by atoms with van der Waals surface area (Å²) >= 11 is 0. The van der Waals surface area contributed by atoms with Gasteiger partial charge in [0.15, 0.2) is 5.96 Å². The van der Waals surface area contributed by atoms with Crippen LogP contribution in [0.5, 0.6) is 0 Å². The van der Waals surface area contributed by atoms with E-state index in [0.717, 1.165) is 12.5 Å². The Hall–Kier alpha value is -0.513.